The topological polar surface area (TPSA) is 0 Å². The summed E-state index contributed by atoms with van der Waals surface area (Å²) in [5.74, 6) is 5.67. The lowest BCUT2D eigenvalue weighted by molar-refractivity contribution is 1.41. The smallest absolute Gasteiger partial charge is 0.0305 e. The van der Waals surface area contributed by atoms with Gasteiger partial charge in [-0.1, -0.05) is 11.8 Å². The lowest BCUT2D eigenvalue weighted by Gasteiger charge is -1.72. The molecule has 0 rings (SSSR count). The lowest BCUT2D eigenvalue weighted by atomic mass is 10.3. The van der Waals surface area contributed by atoms with Crippen LogP contribution in [0.1, 0.15) is 27.7 Å². The average molecular weight is 158 g/mol. The molecule has 0 amide bonds. The Morgan fingerprint density at radius 3 is 1.33 bits per heavy atom. The molecule has 0 atom stereocenters. The van der Waals surface area contributed by atoms with Crippen LogP contribution in [0.15, 0.2) is 34.8 Å². The second-order valence-corrected chi connectivity index (χ2v) is 2.87. The molecule has 0 N–H and O–H groups in total. The molecule has 0 unspecified atom stereocenters. The van der Waals surface area contributed by atoms with Gasteiger partial charge in [-0.2, -0.15) is 0 Å². The van der Waals surface area contributed by atoms with Crippen LogP contribution in [0, 0.1) is 11.8 Å². The van der Waals surface area contributed by atoms with E-state index in [0.29, 0.717) is 0 Å². The summed E-state index contributed by atoms with van der Waals surface area (Å²) in [6, 6.07) is 0. The fraction of sp³-hybridized carbons (Fsp3) is 0.333. The van der Waals surface area contributed by atoms with Crippen molar-refractivity contribution in [2.45, 2.75) is 27.7 Å². The van der Waals surface area contributed by atoms with Gasteiger partial charge in [-0.15, -0.1) is 11.5 Å². The first kappa shape index (κ1) is 10.6. The van der Waals surface area contributed by atoms with E-state index >= 15 is 0 Å². The predicted molar refractivity (Wildman–Crippen MR) is 53.7 cm³/mol. The maximum atomic E-state index is 3.00. The summed E-state index contributed by atoms with van der Waals surface area (Å²) in [6.07, 6.45) is 3.44. The van der Waals surface area contributed by atoms with Gasteiger partial charge >= 0.3 is 0 Å². The van der Waals surface area contributed by atoms with Gasteiger partial charge in [0.1, 0.15) is 0 Å². The van der Waals surface area contributed by atoms with Crippen molar-refractivity contribution in [3.63, 3.8) is 0 Å². The van der Waals surface area contributed by atoms with Gasteiger partial charge in [0.25, 0.3) is 0 Å². The third-order valence-corrected chi connectivity index (χ3v) is 0.949. The van der Waals surface area contributed by atoms with E-state index in [1.54, 1.807) is 12.2 Å². The summed E-state index contributed by atoms with van der Waals surface area (Å²) >= 11 is 0. The highest BCUT2D eigenvalue weighted by atomic mass is 13.7. The van der Waals surface area contributed by atoms with E-state index in [-0.39, 0.29) is 0 Å². The summed E-state index contributed by atoms with van der Waals surface area (Å²) in [4.78, 5) is 0. The number of hydrogen-bond acceptors (Lipinski definition) is 0. The SMILES string of the molecule is CC(C)=C=CC#CC=C=C(C)C. The molecule has 0 radical (unpaired) electrons. The molecule has 0 heterocycles. The zero-order valence-electron chi connectivity index (χ0n) is 8.15. The lowest BCUT2D eigenvalue weighted by Crippen LogP contribution is -1.55. The minimum Gasteiger partial charge on any atom is -0.113 e. The second kappa shape index (κ2) is 6.32. The van der Waals surface area contributed by atoms with Crippen LogP contribution in [-0.2, 0) is 0 Å². The van der Waals surface area contributed by atoms with Gasteiger partial charge in [0.05, 0.1) is 0 Å². The predicted octanol–water partition coefficient (Wildman–Crippen LogP) is 3.23. The van der Waals surface area contributed by atoms with E-state index in [1.807, 2.05) is 27.7 Å². The van der Waals surface area contributed by atoms with Gasteiger partial charge in [-0.3, -0.25) is 0 Å². The van der Waals surface area contributed by atoms with Crippen molar-refractivity contribution in [2.24, 2.45) is 0 Å². The largest absolute Gasteiger partial charge is 0.113 e. The Hall–Kier alpha value is -1.40. The highest BCUT2D eigenvalue weighted by Gasteiger charge is 1.65. The molecule has 0 heteroatoms. The molecule has 62 valence electrons. The third kappa shape index (κ3) is 8.60. The summed E-state index contributed by atoms with van der Waals surface area (Å²) in [6.45, 7) is 7.96. The highest BCUT2D eigenvalue weighted by molar-refractivity contribution is 5.24. The Morgan fingerprint density at radius 2 is 1.08 bits per heavy atom. The van der Waals surface area contributed by atoms with Crippen LogP contribution in [0.25, 0.3) is 0 Å². The molecule has 0 saturated heterocycles. The Labute approximate surface area is 75.0 Å². The standard InChI is InChI=1S/C12H14/c1-11(2)9-7-5-6-8-10-12(3)4/h7-8H,1-4H3. The Bertz CT molecular complexity index is 277. The Balaban J connectivity index is 4.29. The van der Waals surface area contributed by atoms with Crippen LogP contribution in [0.4, 0.5) is 0 Å². The van der Waals surface area contributed by atoms with E-state index < -0.39 is 0 Å². The number of allylic oxidation sites excluding steroid dienone is 2. The molecule has 0 aromatic carbocycles. The molecular weight excluding hydrogens is 144 g/mol. The molecule has 12 heavy (non-hydrogen) atoms. The van der Waals surface area contributed by atoms with E-state index in [0.717, 1.165) is 11.1 Å². The van der Waals surface area contributed by atoms with Crippen LogP contribution in [-0.4, -0.2) is 0 Å². The molecule has 0 aliphatic carbocycles. The van der Waals surface area contributed by atoms with Crippen molar-refractivity contribution >= 4 is 0 Å². The molecule has 0 saturated carbocycles. The van der Waals surface area contributed by atoms with E-state index in [2.05, 4.69) is 23.3 Å². The summed E-state index contributed by atoms with van der Waals surface area (Å²) in [7, 11) is 0. The van der Waals surface area contributed by atoms with Crippen molar-refractivity contribution in [3.05, 3.63) is 34.8 Å². The van der Waals surface area contributed by atoms with Gasteiger partial charge < -0.3 is 0 Å². The van der Waals surface area contributed by atoms with Crippen molar-refractivity contribution in [3.8, 4) is 11.8 Å². The van der Waals surface area contributed by atoms with Crippen LogP contribution in [0.2, 0.25) is 0 Å². The molecule has 0 fully saturated rings. The Kier molecular flexibility index (Phi) is 5.58. The van der Waals surface area contributed by atoms with E-state index in [9.17, 15) is 0 Å². The molecule has 0 aromatic heterocycles. The monoisotopic (exact) mass is 158 g/mol. The van der Waals surface area contributed by atoms with Gasteiger partial charge in [0.15, 0.2) is 0 Å². The van der Waals surface area contributed by atoms with E-state index in [1.165, 1.54) is 0 Å². The molecule has 0 nitrogen and oxygen atoms in total. The van der Waals surface area contributed by atoms with Crippen molar-refractivity contribution < 1.29 is 0 Å². The quantitative estimate of drug-likeness (QED) is 0.375. The van der Waals surface area contributed by atoms with Gasteiger partial charge in [-0.25, -0.2) is 0 Å². The first-order valence-corrected chi connectivity index (χ1v) is 3.90. The van der Waals surface area contributed by atoms with Crippen LogP contribution in [0.3, 0.4) is 0 Å². The molecular formula is C12H14. The summed E-state index contributed by atoms with van der Waals surface area (Å²) in [5, 5.41) is 0. The zero-order chi connectivity index (χ0) is 9.40. The molecule has 0 aromatic rings. The second-order valence-electron chi connectivity index (χ2n) is 2.87. The zero-order valence-corrected chi connectivity index (χ0v) is 8.15. The Morgan fingerprint density at radius 1 is 0.750 bits per heavy atom. The third-order valence-electron chi connectivity index (χ3n) is 0.949. The normalized spacial score (nSPS) is 6.67. The van der Waals surface area contributed by atoms with Crippen molar-refractivity contribution in [1.82, 2.24) is 0 Å². The van der Waals surface area contributed by atoms with E-state index in [4.69, 9.17) is 0 Å². The van der Waals surface area contributed by atoms with Gasteiger partial charge in [0.2, 0.25) is 0 Å². The minimum absolute atomic E-state index is 1.13. The molecule has 0 bridgehead atoms. The summed E-state index contributed by atoms with van der Waals surface area (Å²) < 4.78 is 0. The number of rotatable bonds is 0. The minimum atomic E-state index is 1.13. The fourth-order valence-corrected chi connectivity index (χ4v) is 0.444. The number of hydrogen-bond donors (Lipinski definition) is 0. The average Bonchev–Trinajstić information content (AvgIpc) is 1.95. The van der Waals surface area contributed by atoms with Crippen LogP contribution >= 0.6 is 0 Å². The molecule has 0 aliphatic rings. The molecule has 0 aliphatic heterocycles. The van der Waals surface area contributed by atoms with Crippen LogP contribution in [0.5, 0.6) is 0 Å². The van der Waals surface area contributed by atoms with Gasteiger partial charge in [-0.05, 0) is 38.8 Å². The molecule has 0 spiro atoms. The highest BCUT2D eigenvalue weighted by Crippen LogP contribution is 1.82. The maximum Gasteiger partial charge on any atom is 0.0305 e. The van der Waals surface area contributed by atoms with Crippen LogP contribution < -0.4 is 0 Å². The maximum absolute atomic E-state index is 3.00. The van der Waals surface area contributed by atoms with Crippen molar-refractivity contribution in [1.29, 1.82) is 0 Å². The fourth-order valence-electron chi connectivity index (χ4n) is 0.444. The summed E-state index contributed by atoms with van der Waals surface area (Å²) in [5.41, 5.74) is 8.26. The van der Waals surface area contributed by atoms with Crippen molar-refractivity contribution in [2.75, 3.05) is 0 Å². The first-order chi connectivity index (χ1) is 5.63. The first-order valence-electron chi connectivity index (χ1n) is 3.90. The van der Waals surface area contributed by atoms with Gasteiger partial charge in [0, 0.05) is 12.2 Å².